The van der Waals surface area contributed by atoms with Crippen LogP contribution in [-0.4, -0.2) is 53.2 Å². The van der Waals surface area contributed by atoms with Gasteiger partial charge in [-0.05, 0) is 37.5 Å². The molecule has 1 fully saturated rings. The van der Waals surface area contributed by atoms with Crippen molar-refractivity contribution in [2.75, 3.05) is 25.5 Å². The van der Waals surface area contributed by atoms with Gasteiger partial charge in [-0.2, -0.15) is 4.99 Å². The number of carbonyl (C=O) groups excluding carboxylic acids is 3. The van der Waals surface area contributed by atoms with Crippen LogP contribution in [0.5, 0.6) is 0 Å². The minimum Gasteiger partial charge on any atom is -0.355 e. The molecule has 7 nitrogen and oxygen atoms in total. The summed E-state index contributed by atoms with van der Waals surface area (Å²) in [7, 11) is 1.55. The number of benzene rings is 1. The molecular weight excluding hydrogens is 352 g/mol. The third kappa shape index (κ3) is 4.43. The average molecular weight is 374 g/mol. The Labute approximate surface area is 156 Å². The van der Waals surface area contributed by atoms with Gasteiger partial charge in [-0.25, -0.2) is 0 Å². The van der Waals surface area contributed by atoms with Gasteiger partial charge in [0.1, 0.15) is 5.25 Å². The van der Waals surface area contributed by atoms with Crippen LogP contribution in [0.4, 0.5) is 5.69 Å². The molecule has 26 heavy (non-hydrogen) atoms. The SMILES string of the molecule is CNC(=O)c1cccc(NC(=O)CC2SC(N3CCCCC3)=NC2=O)c1. The maximum Gasteiger partial charge on any atom is 0.262 e. The summed E-state index contributed by atoms with van der Waals surface area (Å²) in [5.41, 5.74) is 0.996. The lowest BCUT2D eigenvalue weighted by Gasteiger charge is -2.27. The molecule has 1 aromatic rings. The maximum absolute atomic E-state index is 12.3. The van der Waals surface area contributed by atoms with Crippen LogP contribution in [0.1, 0.15) is 36.0 Å². The van der Waals surface area contributed by atoms with Crippen molar-refractivity contribution in [2.45, 2.75) is 30.9 Å². The first-order valence-electron chi connectivity index (χ1n) is 8.73. The Bertz CT molecular complexity index is 744. The molecular formula is C18H22N4O3S. The molecule has 2 heterocycles. The quantitative estimate of drug-likeness (QED) is 0.839. The Hall–Kier alpha value is -2.35. The van der Waals surface area contributed by atoms with E-state index in [2.05, 4.69) is 20.5 Å². The minimum absolute atomic E-state index is 0.0640. The minimum atomic E-state index is -0.478. The topological polar surface area (TPSA) is 90.9 Å². The first-order valence-corrected chi connectivity index (χ1v) is 9.61. The van der Waals surface area contributed by atoms with E-state index in [9.17, 15) is 14.4 Å². The molecule has 2 N–H and O–H groups in total. The highest BCUT2D eigenvalue weighted by atomic mass is 32.2. The van der Waals surface area contributed by atoms with Crippen molar-refractivity contribution < 1.29 is 14.4 Å². The van der Waals surface area contributed by atoms with Crippen molar-refractivity contribution in [2.24, 2.45) is 4.99 Å². The van der Waals surface area contributed by atoms with Gasteiger partial charge in [0.25, 0.3) is 11.8 Å². The largest absolute Gasteiger partial charge is 0.355 e. The molecule has 2 aliphatic heterocycles. The van der Waals surface area contributed by atoms with Crippen molar-refractivity contribution in [3.8, 4) is 0 Å². The molecule has 0 saturated carbocycles. The van der Waals surface area contributed by atoms with Gasteiger partial charge >= 0.3 is 0 Å². The number of piperidine rings is 1. The molecule has 1 unspecified atom stereocenters. The summed E-state index contributed by atoms with van der Waals surface area (Å²) in [4.78, 5) is 42.4. The summed E-state index contributed by atoms with van der Waals surface area (Å²) >= 11 is 1.38. The average Bonchev–Trinajstić information content (AvgIpc) is 3.02. The predicted octanol–water partition coefficient (Wildman–Crippen LogP) is 1.86. The Morgan fingerprint density at radius 3 is 2.77 bits per heavy atom. The van der Waals surface area contributed by atoms with Crippen molar-refractivity contribution in [1.82, 2.24) is 10.2 Å². The highest BCUT2D eigenvalue weighted by Crippen LogP contribution is 2.29. The summed E-state index contributed by atoms with van der Waals surface area (Å²) in [5, 5.41) is 5.56. The number of hydrogen-bond acceptors (Lipinski definition) is 5. The second kappa shape index (κ2) is 8.35. The van der Waals surface area contributed by atoms with Crippen LogP contribution >= 0.6 is 11.8 Å². The fourth-order valence-corrected chi connectivity index (χ4v) is 4.11. The van der Waals surface area contributed by atoms with Gasteiger partial charge in [0.05, 0.1) is 0 Å². The zero-order valence-corrected chi connectivity index (χ0v) is 15.5. The van der Waals surface area contributed by atoms with Gasteiger partial charge in [0.15, 0.2) is 5.17 Å². The van der Waals surface area contributed by atoms with Crippen molar-refractivity contribution in [1.29, 1.82) is 0 Å². The van der Waals surface area contributed by atoms with Crippen molar-refractivity contribution >= 4 is 40.3 Å². The van der Waals surface area contributed by atoms with Crippen LogP contribution in [-0.2, 0) is 9.59 Å². The molecule has 1 atom stereocenters. The first kappa shape index (κ1) is 18.4. The Balaban J connectivity index is 1.56. The number of anilines is 1. The number of likely N-dealkylation sites (tertiary alicyclic amines) is 1. The van der Waals surface area contributed by atoms with Crippen LogP contribution in [0.2, 0.25) is 0 Å². The van der Waals surface area contributed by atoms with Crippen molar-refractivity contribution in [3.63, 3.8) is 0 Å². The molecule has 0 radical (unpaired) electrons. The van der Waals surface area contributed by atoms with E-state index >= 15 is 0 Å². The second-order valence-corrected chi connectivity index (χ2v) is 7.47. The van der Waals surface area contributed by atoms with Gasteiger partial charge in [-0.1, -0.05) is 17.8 Å². The summed E-state index contributed by atoms with van der Waals surface area (Å²) < 4.78 is 0. The highest BCUT2D eigenvalue weighted by molar-refractivity contribution is 8.15. The van der Waals surface area contributed by atoms with E-state index in [1.165, 1.54) is 18.2 Å². The van der Waals surface area contributed by atoms with E-state index in [0.29, 0.717) is 11.3 Å². The zero-order chi connectivity index (χ0) is 18.5. The predicted molar refractivity (Wildman–Crippen MR) is 102 cm³/mol. The van der Waals surface area contributed by atoms with Gasteiger partial charge < -0.3 is 15.5 Å². The zero-order valence-electron chi connectivity index (χ0n) is 14.7. The van der Waals surface area contributed by atoms with E-state index in [0.717, 1.165) is 31.1 Å². The van der Waals surface area contributed by atoms with E-state index in [-0.39, 0.29) is 24.1 Å². The summed E-state index contributed by atoms with van der Waals surface area (Å²) in [6.07, 6.45) is 3.50. The first-order chi connectivity index (χ1) is 12.6. The summed E-state index contributed by atoms with van der Waals surface area (Å²) in [6.45, 7) is 1.84. The molecule has 0 bridgehead atoms. The lowest BCUT2D eigenvalue weighted by Crippen LogP contribution is -2.33. The lowest BCUT2D eigenvalue weighted by molar-refractivity contribution is -0.121. The van der Waals surface area contributed by atoms with E-state index in [1.54, 1.807) is 31.3 Å². The van der Waals surface area contributed by atoms with Gasteiger partial charge in [0, 0.05) is 37.8 Å². The van der Waals surface area contributed by atoms with Gasteiger partial charge in [-0.15, -0.1) is 0 Å². The van der Waals surface area contributed by atoms with Crippen LogP contribution in [0, 0.1) is 0 Å². The maximum atomic E-state index is 12.3. The van der Waals surface area contributed by atoms with Crippen LogP contribution < -0.4 is 10.6 Å². The number of nitrogens with one attached hydrogen (secondary N) is 2. The normalized spacial score (nSPS) is 19.9. The smallest absolute Gasteiger partial charge is 0.262 e. The standard InChI is InChI=1S/C18H22N4O3S/c1-19-16(24)12-6-5-7-13(10-12)20-15(23)11-14-17(25)21-18(26-14)22-8-3-2-4-9-22/h5-7,10,14H,2-4,8-9,11H2,1H3,(H,19,24)(H,20,23). The Morgan fingerprint density at radius 2 is 2.04 bits per heavy atom. The summed E-state index contributed by atoms with van der Waals surface area (Å²) in [5.74, 6) is -0.730. The number of amidine groups is 1. The number of amides is 3. The van der Waals surface area contributed by atoms with E-state index in [4.69, 9.17) is 0 Å². The van der Waals surface area contributed by atoms with Gasteiger partial charge in [-0.3, -0.25) is 14.4 Å². The number of aliphatic imine (C=N–C) groups is 1. The summed E-state index contributed by atoms with van der Waals surface area (Å²) in [6, 6.07) is 6.69. The Morgan fingerprint density at radius 1 is 1.27 bits per heavy atom. The highest BCUT2D eigenvalue weighted by Gasteiger charge is 2.33. The number of thioether (sulfide) groups is 1. The molecule has 0 aliphatic carbocycles. The van der Waals surface area contributed by atoms with Crippen LogP contribution in [0.3, 0.4) is 0 Å². The second-order valence-electron chi connectivity index (χ2n) is 6.30. The molecule has 3 amide bonds. The lowest BCUT2D eigenvalue weighted by atomic mass is 10.1. The van der Waals surface area contributed by atoms with E-state index < -0.39 is 5.25 Å². The third-order valence-electron chi connectivity index (χ3n) is 4.36. The van der Waals surface area contributed by atoms with E-state index in [1.807, 2.05) is 0 Å². The fraction of sp³-hybridized carbons (Fsp3) is 0.444. The molecule has 3 rings (SSSR count). The molecule has 1 saturated heterocycles. The molecule has 2 aliphatic rings. The Kier molecular flexibility index (Phi) is 5.92. The number of rotatable bonds is 4. The molecule has 8 heteroatoms. The number of hydrogen-bond donors (Lipinski definition) is 2. The third-order valence-corrected chi connectivity index (χ3v) is 5.58. The molecule has 0 aromatic heterocycles. The van der Waals surface area contributed by atoms with Crippen molar-refractivity contribution in [3.05, 3.63) is 29.8 Å². The van der Waals surface area contributed by atoms with Gasteiger partial charge in [0.2, 0.25) is 5.91 Å². The molecule has 138 valence electrons. The van der Waals surface area contributed by atoms with Crippen LogP contribution in [0.15, 0.2) is 29.3 Å². The van der Waals surface area contributed by atoms with Crippen LogP contribution in [0.25, 0.3) is 0 Å². The molecule has 0 spiro atoms. The number of carbonyl (C=O) groups is 3. The monoisotopic (exact) mass is 374 g/mol. The number of nitrogens with zero attached hydrogens (tertiary/aromatic N) is 2. The fourth-order valence-electron chi connectivity index (χ4n) is 2.99. The molecule has 1 aromatic carbocycles.